The van der Waals surface area contributed by atoms with Crippen LogP contribution < -0.4 is 16.6 Å². The molecular formula is C14H7BrF3N3O3. The highest BCUT2D eigenvalue weighted by atomic mass is 79.9. The maximum Gasteiger partial charge on any atom is 0.416 e. The molecule has 124 valence electrons. The number of imide groups is 1. The Morgan fingerprint density at radius 1 is 1.08 bits per heavy atom. The minimum Gasteiger partial charge on any atom is -0.384 e. The van der Waals surface area contributed by atoms with Gasteiger partial charge in [-0.2, -0.15) is 13.2 Å². The van der Waals surface area contributed by atoms with Gasteiger partial charge in [-0.15, -0.1) is 0 Å². The van der Waals surface area contributed by atoms with Gasteiger partial charge in [0.15, 0.2) is 0 Å². The predicted octanol–water partition coefficient (Wildman–Crippen LogP) is 2.08. The Bertz CT molecular complexity index is 966. The van der Waals surface area contributed by atoms with Crippen molar-refractivity contribution in [1.29, 1.82) is 0 Å². The number of halogens is 4. The quantitative estimate of drug-likeness (QED) is 0.715. The van der Waals surface area contributed by atoms with E-state index >= 15 is 0 Å². The van der Waals surface area contributed by atoms with E-state index < -0.39 is 34.9 Å². The average Bonchev–Trinajstić information content (AvgIpc) is 2.74. The Kier molecular flexibility index (Phi) is 3.52. The molecular weight excluding hydrogens is 395 g/mol. The zero-order valence-corrected chi connectivity index (χ0v) is 13.2. The number of nitrogen functional groups attached to an aromatic ring is 1. The van der Waals surface area contributed by atoms with E-state index in [1.165, 1.54) is 0 Å². The van der Waals surface area contributed by atoms with Gasteiger partial charge >= 0.3 is 6.18 Å². The van der Waals surface area contributed by atoms with Crippen LogP contribution >= 0.6 is 15.9 Å². The molecule has 0 saturated heterocycles. The third-order valence-corrected chi connectivity index (χ3v) is 4.14. The Hall–Kier alpha value is -2.62. The molecule has 0 unspecified atom stereocenters. The molecule has 3 rings (SSSR count). The van der Waals surface area contributed by atoms with Crippen molar-refractivity contribution in [2.75, 3.05) is 5.73 Å². The van der Waals surface area contributed by atoms with Crippen LogP contribution in [0.15, 0.2) is 33.5 Å². The van der Waals surface area contributed by atoms with Crippen molar-refractivity contribution in [2.45, 2.75) is 6.18 Å². The first-order chi connectivity index (χ1) is 11.1. The maximum absolute atomic E-state index is 12.9. The second kappa shape index (κ2) is 5.20. The van der Waals surface area contributed by atoms with E-state index in [2.05, 4.69) is 15.9 Å². The number of benzene rings is 1. The number of alkyl halides is 3. The van der Waals surface area contributed by atoms with Crippen molar-refractivity contribution in [2.24, 2.45) is 0 Å². The molecule has 0 bridgehead atoms. The highest BCUT2D eigenvalue weighted by Gasteiger charge is 2.34. The highest BCUT2D eigenvalue weighted by Crippen LogP contribution is 2.34. The molecule has 0 aliphatic carbocycles. The Balaban J connectivity index is 2.33. The number of hydrogen-bond acceptors (Lipinski definition) is 4. The fraction of sp³-hybridized carbons (Fsp3) is 0.0714. The van der Waals surface area contributed by atoms with Crippen molar-refractivity contribution >= 4 is 33.6 Å². The molecule has 1 aliphatic rings. The summed E-state index contributed by atoms with van der Waals surface area (Å²) in [6, 6.07) is 3.53. The monoisotopic (exact) mass is 401 g/mol. The average molecular weight is 402 g/mol. The van der Waals surface area contributed by atoms with Gasteiger partial charge in [0.25, 0.3) is 17.4 Å². The Morgan fingerprint density at radius 3 is 2.38 bits per heavy atom. The lowest BCUT2D eigenvalue weighted by molar-refractivity contribution is -0.137. The molecule has 0 saturated carbocycles. The molecule has 2 aromatic rings. The summed E-state index contributed by atoms with van der Waals surface area (Å²) in [5, 5.41) is 1.98. The lowest BCUT2D eigenvalue weighted by Gasteiger charge is -2.15. The van der Waals surface area contributed by atoms with Gasteiger partial charge in [-0.3, -0.25) is 24.3 Å². The topological polar surface area (TPSA) is 94.2 Å². The van der Waals surface area contributed by atoms with Gasteiger partial charge in [-0.05, 0) is 34.1 Å². The van der Waals surface area contributed by atoms with Crippen molar-refractivity contribution < 1.29 is 22.8 Å². The van der Waals surface area contributed by atoms with Crippen LogP contribution in [-0.2, 0) is 6.18 Å². The van der Waals surface area contributed by atoms with Crippen LogP contribution in [0.2, 0.25) is 0 Å². The van der Waals surface area contributed by atoms with Gasteiger partial charge in [0, 0.05) is 10.5 Å². The normalized spacial score (nSPS) is 13.8. The van der Waals surface area contributed by atoms with Crippen LogP contribution in [-0.4, -0.2) is 16.4 Å². The molecule has 1 aromatic carbocycles. The van der Waals surface area contributed by atoms with Gasteiger partial charge in [-0.25, -0.2) is 0 Å². The van der Waals surface area contributed by atoms with Gasteiger partial charge in [0.05, 0.1) is 22.4 Å². The summed E-state index contributed by atoms with van der Waals surface area (Å²) in [4.78, 5) is 35.6. The Morgan fingerprint density at radius 2 is 1.75 bits per heavy atom. The smallest absolute Gasteiger partial charge is 0.384 e. The molecule has 24 heavy (non-hydrogen) atoms. The largest absolute Gasteiger partial charge is 0.416 e. The van der Waals surface area contributed by atoms with E-state index in [1.807, 2.05) is 5.32 Å². The minimum atomic E-state index is -4.63. The number of pyridine rings is 1. The minimum absolute atomic E-state index is 0.161. The maximum atomic E-state index is 12.9. The number of carbonyl (C=O) groups is 2. The molecule has 2 heterocycles. The number of nitrogens with zero attached hydrogens (tertiary/aromatic N) is 1. The summed E-state index contributed by atoms with van der Waals surface area (Å²) in [6.07, 6.45) is -4.63. The van der Waals surface area contributed by atoms with E-state index in [4.69, 9.17) is 5.73 Å². The molecule has 0 radical (unpaired) electrons. The SMILES string of the molecule is Nc1c2c(cc(=O)n1-c1cc(C(F)(F)F)ccc1Br)C(=O)NC2=O. The van der Waals surface area contributed by atoms with Crippen molar-refractivity contribution in [3.8, 4) is 5.69 Å². The summed E-state index contributed by atoms with van der Waals surface area (Å²) < 4.78 is 39.6. The standard InChI is InChI=1S/C14H7BrF3N3O3/c15-7-2-1-5(14(16,17)18)3-8(7)21-9(22)4-6-10(11(21)19)13(24)20-12(6)23/h1-4H,19H2,(H,20,23,24). The first-order valence-corrected chi connectivity index (χ1v) is 7.19. The lowest BCUT2D eigenvalue weighted by atomic mass is 10.1. The first-order valence-electron chi connectivity index (χ1n) is 6.39. The summed E-state index contributed by atoms with van der Waals surface area (Å²) in [7, 11) is 0. The molecule has 6 nitrogen and oxygen atoms in total. The van der Waals surface area contributed by atoms with E-state index in [0.717, 1.165) is 28.8 Å². The van der Waals surface area contributed by atoms with Crippen LogP contribution in [0.4, 0.5) is 19.0 Å². The molecule has 2 amide bonds. The van der Waals surface area contributed by atoms with Crippen molar-refractivity contribution in [3.63, 3.8) is 0 Å². The number of fused-ring (bicyclic) bond motifs is 1. The van der Waals surface area contributed by atoms with E-state index in [0.29, 0.717) is 0 Å². The molecule has 1 aromatic heterocycles. The number of nitrogens with two attached hydrogens (primary N) is 1. The summed E-state index contributed by atoms with van der Waals surface area (Å²) >= 11 is 3.06. The molecule has 0 fully saturated rings. The zero-order chi connectivity index (χ0) is 17.8. The summed E-state index contributed by atoms with van der Waals surface area (Å²) in [5.74, 6) is -2.01. The molecule has 3 N–H and O–H groups in total. The fourth-order valence-corrected chi connectivity index (χ4v) is 2.81. The van der Waals surface area contributed by atoms with Gasteiger partial charge in [0.2, 0.25) is 0 Å². The molecule has 10 heteroatoms. The number of hydrogen-bond donors (Lipinski definition) is 2. The van der Waals surface area contributed by atoms with Gasteiger partial charge in [0.1, 0.15) is 5.82 Å². The van der Waals surface area contributed by atoms with E-state index in [1.54, 1.807) is 0 Å². The predicted molar refractivity (Wildman–Crippen MR) is 81.0 cm³/mol. The third-order valence-electron chi connectivity index (χ3n) is 3.47. The molecule has 0 spiro atoms. The van der Waals surface area contributed by atoms with Crippen LogP contribution in [0.3, 0.4) is 0 Å². The number of carbonyl (C=O) groups excluding carboxylic acids is 2. The van der Waals surface area contributed by atoms with Crippen molar-refractivity contribution in [1.82, 2.24) is 9.88 Å². The first kappa shape index (κ1) is 16.2. The number of amides is 2. The van der Waals surface area contributed by atoms with Crippen molar-refractivity contribution in [3.05, 3.63) is 55.8 Å². The summed E-state index contributed by atoms with van der Waals surface area (Å²) in [6.45, 7) is 0. The Labute approximate surface area is 140 Å². The fourth-order valence-electron chi connectivity index (χ4n) is 2.39. The number of nitrogens with one attached hydrogen (secondary N) is 1. The third kappa shape index (κ3) is 2.39. The van der Waals surface area contributed by atoms with Crippen LogP contribution in [0.1, 0.15) is 26.3 Å². The van der Waals surface area contributed by atoms with Gasteiger partial charge < -0.3 is 5.73 Å². The van der Waals surface area contributed by atoms with Crippen LogP contribution in [0.25, 0.3) is 5.69 Å². The number of anilines is 1. The van der Waals surface area contributed by atoms with Crippen LogP contribution in [0, 0.1) is 0 Å². The molecule has 1 aliphatic heterocycles. The second-order valence-corrected chi connectivity index (χ2v) is 5.79. The zero-order valence-electron chi connectivity index (χ0n) is 11.6. The number of aromatic nitrogens is 1. The highest BCUT2D eigenvalue weighted by molar-refractivity contribution is 9.10. The number of rotatable bonds is 1. The van der Waals surface area contributed by atoms with Gasteiger partial charge in [-0.1, -0.05) is 0 Å². The molecule has 0 atom stereocenters. The van der Waals surface area contributed by atoms with E-state index in [9.17, 15) is 27.6 Å². The van der Waals surface area contributed by atoms with Crippen LogP contribution in [0.5, 0.6) is 0 Å². The lowest BCUT2D eigenvalue weighted by Crippen LogP contribution is -2.24. The summed E-state index contributed by atoms with van der Waals surface area (Å²) in [5.41, 5.74) is 3.32. The second-order valence-electron chi connectivity index (χ2n) is 4.94. The van der Waals surface area contributed by atoms with E-state index in [-0.39, 0.29) is 21.3 Å².